The van der Waals surface area contributed by atoms with Crippen molar-refractivity contribution in [2.24, 2.45) is 0 Å². The van der Waals surface area contributed by atoms with Gasteiger partial charge in [0.15, 0.2) is 0 Å². The van der Waals surface area contributed by atoms with Crippen molar-refractivity contribution in [3.05, 3.63) is 70.8 Å². The summed E-state index contributed by atoms with van der Waals surface area (Å²) in [6.07, 6.45) is 2.72. The van der Waals surface area contributed by atoms with Gasteiger partial charge >= 0.3 is 0 Å². The van der Waals surface area contributed by atoms with Gasteiger partial charge in [-0.25, -0.2) is 4.98 Å². The lowest BCUT2D eigenvalue weighted by molar-refractivity contribution is -0.136. The van der Waals surface area contributed by atoms with Gasteiger partial charge in [-0.05, 0) is 36.5 Å². The molecule has 7 nitrogen and oxygen atoms in total. The molecular weight excluding hydrogens is 392 g/mol. The van der Waals surface area contributed by atoms with Crippen LogP contribution in [0.2, 0.25) is 0 Å². The van der Waals surface area contributed by atoms with Crippen LogP contribution in [0.5, 0.6) is 0 Å². The highest BCUT2D eigenvalue weighted by atomic mass is 16.3. The van der Waals surface area contributed by atoms with E-state index in [4.69, 9.17) is 5.73 Å². The molecule has 1 fully saturated rings. The van der Waals surface area contributed by atoms with Crippen molar-refractivity contribution in [1.82, 2.24) is 14.5 Å². The number of carbonyl (C=O) groups is 1. The van der Waals surface area contributed by atoms with E-state index in [-0.39, 0.29) is 23.9 Å². The van der Waals surface area contributed by atoms with Crippen LogP contribution in [0.25, 0.3) is 10.9 Å². The quantitative estimate of drug-likeness (QED) is 0.618. The van der Waals surface area contributed by atoms with Gasteiger partial charge in [0.05, 0.1) is 29.5 Å². The molecule has 4 rings (SSSR count). The van der Waals surface area contributed by atoms with E-state index in [0.717, 1.165) is 5.56 Å². The Labute approximate surface area is 181 Å². The van der Waals surface area contributed by atoms with Crippen LogP contribution in [0.4, 0.5) is 5.69 Å². The number of rotatable bonds is 5. The minimum Gasteiger partial charge on any atom is -0.397 e. The molecule has 0 saturated carbocycles. The van der Waals surface area contributed by atoms with Crippen LogP contribution >= 0.6 is 0 Å². The molecule has 3 aromatic rings. The molecule has 0 aliphatic carbocycles. The summed E-state index contributed by atoms with van der Waals surface area (Å²) in [6.45, 7) is 3.14. The fourth-order valence-electron chi connectivity index (χ4n) is 4.26. The Morgan fingerprint density at radius 1 is 1.16 bits per heavy atom. The molecule has 2 aromatic carbocycles. The Kier molecular flexibility index (Phi) is 5.78. The maximum atomic E-state index is 12.8. The molecule has 2 heterocycles. The fourth-order valence-corrected chi connectivity index (χ4v) is 4.26. The van der Waals surface area contributed by atoms with E-state index >= 15 is 0 Å². The van der Waals surface area contributed by atoms with Crippen molar-refractivity contribution < 1.29 is 9.90 Å². The molecule has 162 valence electrons. The highest BCUT2D eigenvalue weighted by molar-refractivity contribution is 5.88. The number of hydrogen-bond acceptors (Lipinski definition) is 5. The number of piperidine rings is 1. The van der Waals surface area contributed by atoms with Gasteiger partial charge in [-0.3, -0.25) is 14.2 Å². The number of nitrogen functional groups attached to an aromatic ring is 1. The third kappa shape index (κ3) is 4.46. The van der Waals surface area contributed by atoms with Crippen LogP contribution in [0.3, 0.4) is 0 Å². The Morgan fingerprint density at radius 2 is 1.87 bits per heavy atom. The number of carbonyl (C=O) groups excluding carboxylic acids is 1. The number of likely N-dealkylation sites (tertiary alicyclic amines) is 1. The molecular formula is C24H28N4O3. The third-order valence-electron chi connectivity index (χ3n) is 6.25. The average molecular weight is 421 g/mol. The lowest BCUT2D eigenvalue weighted by atomic mass is 9.90. The summed E-state index contributed by atoms with van der Waals surface area (Å²) in [5.74, 6) is 0.239. The highest BCUT2D eigenvalue weighted by Gasteiger charge is 2.35. The first-order valence-electron chi connectivity index (χ1n) is 10.6. The Balaban J connectivity index is 1.40. The average Bonchev–Trinajstić information content (AvgIpc) is 2.77. The molecule has 31 heavy (non-hydrogen) atoms. The van der Waals surface area contributed by atoms with Gasteiger partial charge in [-0.2, -0.15) is 0 Å². The second-order valence-corrected chi connectivity index (χ2v) is 8.54. The van der Waals surface area contributed by atoms with Gasteiger partial charge in [0.1, 0.15) is 5.52 Å². The summed E-state index contributed by atoms with van der Waals surface area (Å²) in [6, 6.07) is 15.1. The minimum atomic E-state index is -1.05. The maximum Gasteiger partial charge on any atom is 0.261 e. The Hall–Kier alpha value is -3.19. The van der Waals surface area contributed by atoms with E-state index in [9.17, 15) is 14.7 Å². The van der Waals surface area contributed by atoms with E-state index in [0.29, 0.717) is 48.9 Å². The zero-order valence-corrected chi connectivity index (χ0v) is 17.7. The number of anilines is 1. The molecule has 1 aromatic heterocycles. The monoisotopic (exact) mass is 420 g/mol. The van der Waals surface area contributed by atoms with Crippen LogP contribution in [-0.2, 0) is 11.3 Å². The predicted octanol–water partition coefficient (Wildman–Crippen LogP) is 2.53. The van der Waals surface area contributed by atoms with E-state index in [1.165, 1.54) is 10.9 Å². The van der Waals surface area contributed by atoms with Crippen molar-refractivity contribution in [2.45, 2.75) is 44.2 Å². The largest absolute Gasteiger partial charge is 0.397 e. The van der Waals surface area contributed by atoms with E-state index in [1.807, 2.05) is 35.2 Å². The Bertz CT molecular complexity index is 1130. The van der Waals surface area contributed by atoms with Crippen molar-refractivity contribution in [3.63, 3.8) is 0 Å². The third-order valence-corrected chi connectivity index (χ3v) is 6.25. The van der Waals surface area contributed by atoms with Gasteiger partial charge in [0, 0.05) is 19.5 Å². The first-order valence-corrected chi connectivity index (χ1v) is 10.6. The number of aromatic nitrogens is 2. The number of benzene rings is 2. The van der Waals surface area contributed by atoms with Gasteiger partial charge in [0.25, 0.3) is 5.56 Å². The standard InChI is InChI=1S/C24H28N4O3/c1-17(18-6-3-2-4-7-18)14-21(29)27-12-10-24(31,11-13-27)15-28-16-26-22-19(23(28)30)8-5-9-20(22)25/h2-9,16-17,31H,10-15,25H2,1H3/t17-/m1/s1. The molecule has 0 radical (unpaired) electrons. The van der Waals surface area contributed by atoms with Gasteiger partial charge in [0.2, 0.25) is 5.91 Å². The second-order valence-electron chi connectivity index (χ2n) is 8.54. The zero-order chi connectivity index (χ0) is 22.0. The number of nitrogens with zero attached hydrogens (tertiary/aromatic N) is 3. The first-order chi connectivity index (χ1) is 14.9. The van der Waals surface area contributed by atoms with Crippen LogP contribution < -0.4 is 11.3 Å². The molecule has 1 aliphatic heterocycles. The van der Waals surface area contributed by atoms with Crippen LogP contribution in [0.15, 0.2) is 59.7 Å². The molecule has 0 spiro atoms. The van der Waals surface area contributed by atoms with Crippen molar-refractivity contribution in [1.29, 1.82) is 0 Å². The van der Waals surface area contributed by atoms with Crippen LogP contribution in [0, 0.1) is 0 Å². The SMILES string of the molecule is C[C@H](CC(=O)N1CCC(O)(Cn2cnc3c(N)cccc3c2=O)CC1)c1ccccc1. The molecule has 3 N–H and O–H groups in total. The summed E-state index contributed by atoms with van der Waals surface area (Å²) in [5, 5.41) is 11.5. The zero-order valence-electron chi connectivity index (χ0n) is 17.7. The van der Waals surface area contributed by atoms with E-state index in [1.54, 1.807) is 18.2 Å². The first kappa shape index (κ1) is 21.1. The predicted molar refractivity (Wildman–Crippen MR) is 121 cm³/mol. The number of fused-ring (bicyclic) bond motifs is 1. The minimum absolute atomic E-state index is 0.0958. The summed E-state index contributed by atoms with van der Waals surface area (Å²) in [5.41, 5.74) is 6.71. The molecule has 7 heteroatoms. The highest BCUT2D eigenvalue weighted by Crippen LogP contribution is 2.26. The maximum absolute atomic E-state index is 12.8. The molecule has 0 unspecified atom stereocenters. The summed E-state index contributed by atoms with van der Waals surface area (Å²) >= 11 is 0. The number of amides is 1. The Morgan fingerprint density at radius 3 is 2.58 bits per heavy atom. The van der Waals surface area contributed by atoms with Gasteiger partial charge in [-0.15, -0.1) is 0 Å². The molecule has 1 atom stereocenters. The number of nitrogens with two attached hydrogens (primary N) is 1. The van der Waals surface area contributed by atoms with Crippen LogP contribution in [0.1, 0.15) is 37.7 Å². The van der Waals surface area contributed by atoms with E-state index in [2.05, 4.69) is 11.9 Å². The van der Waals surface area contributed by atoms with Crippen LogP contribution in [-0.4, -0.2) is 44.2 Å². The summed E-state index contributed by atoms with van der Waals surface area (Å²) in [4.78, 5) is 31.7. The summed E-state index contributed by atoms with van der Waals surface area (Å²) < 4.78 is 1.44. The lowest BCUT2D eigenvalue weighted by Crippen LogP contribution is -2.49. The topological polar surface area (TPSA) is 101 Å². The second kappa shape index (κ2) is 8.51. The van der Waals surface area contributed by atoms with Crippen molar-refractivity contribution in [3.8, 4) is 0 Å². The van der Waals surface area contributed by atoms with E-state index < -0.39 is 5.60 Å². The lowest BCUT2D eigenvalue weighted by Gasteiger charge is -2.38. The molecule has 1 amide bonds. The number of hydrogen-bond donors (Lipinski definition) is 2. The summed E-state index contributed by atoms with van der Waals surface area (Å²) in [7, 11) is 0. The normalized spacial score (nSPS) is 16.9. The molecule has 1 saturated heterocycles. The molecule has 0 bridgehead atoms. The number of aliphatic hydroxyl groups is 1. The van der Waals surface area contributed by atoms with Gasteiger partial charge < -0.3 is 15.7 Å². The number of para-hydroxylation sites is 1. The van der Waals surface area contributed by atoms with Crippen molar-refractivity contribution in [2.75, 3.05) is 18.8 Å². The molecule has 1 aliphatic rings. The fraction of sp³-hybridized carbons (Fsp3) is 0.375. The van der Waals surface area contributed by atoms with Crippen molar-refractivity contribution >= 4 is 22.5 Å². The van der Waals surface area contributed by atoms with Gasteiger partial charge in [-0.1, -0.05) is 43.3 Å². The smallest absolute Gasteiger partial charge is 0.261 e.